The SMILES string of the molecule is C1=C(c2c[nH]nn2)CCc2ccccc21. The van der Waals surface area contributed by atoms with Crippen molar-refractivity contribution >= 4 is 11.6 Å². The van der Waals surface area contributed by atoms with Crippen LogP contribution in [0.5, 0.6) is 0 Å². The molecule has 1 aliphatic carbocycles. The summed E-state index contributed by atoms with van der Waals surface area (Å²) in [6.07, 6.45) is 6.19. The van der Waals surface area contributed by atoms with Crippen LogP contribution in [0.2, 0.25) is 0 Å². The minimum atomic E-state index is 0.963. The largest absolute Gasteiger partial charge is 0.265 e. The van der Waals surface area contributed by atoms with Crippen LogP contribution < -0.4 is 0 Å². The molecule has 2 aromatic rings. The van der Waals surface area contributed by atoms with Crippen molar-refractivity contribution in [2.24, 2.45) is 0 Å². The molecule has 3 nitrogen and oxygen atoms in total. The molecular weight excluding hydrogens is 186 g/mol. The van der Waals surface area contributed by atoms with Crippen molar-refractivity contribution in [1.82, 2.24) is 15.4 Å². The maximum absolute atomic E-state index is 4.04. The van der Waals surface area contributed by atoms with E-state index in [2.05, 4.69) is 45.8 Å². The third kappa shape index (κ3) is 1.46. The first-order valence-electron chi connectivity index (χ1n) is 5.09. The Labute approximate surface area is 87.8 Å². The van der Waals surface area contributed by atoms with Gasteiger partial charge < -0.3 is 0 Å². The van der Waals surface area contributed by atoms with Gasteiger partial charge in [-0.05, 0) is 35.6 Å². The minimum absolute atomic E-state index is 0.963. The molecule has 0 radical (unpaired) electrons. The van der Waals surface area contributed by atoms with Gasteiger partial charge in [0.05, 0.1) is 0 Å². The molecule has 0 fully saturated rings. The highest BCUT2D eigenvalue weighted by Gasteiger charge is 2.12. The van der Waals surface area contributed by atoms with Gasteiger partial charge in [0.15, 0.2) is 0 Å². The van der Waals surface area contributed by atoms with Gasteiger partial charge in [0, 0.05) is 6.20 Å². The number of hydrogen-bond donors (Lipinski definition) is 1. The summed E-state index contributed by atoms with van der Waals surface area (Å²) in [5.41, 5.74) is 4.96. The predicted molar refractivity (Wildman–Crippen MR) is 59.0 cm³/mol. The maximum atomic E-state index is 4.04. The quantitative estimate of drug-likeness (QED) is 0.762. The van der Waals surface area contributed by atoms with E-state index in [-0.39, 0.29) is 0 Å². The van der Waals surface area contributed by atoms with Crippen molar-refractivity contribution in [1.29, 1.82) is 0 Å². The molecule has 74 valence electrons. The van der Waals surface area contributed by atoms with Crippen LogP contribution in [-0.2, 0) is 6.42 Å². The standard InChI is InChI=1S/C12H11N3/c1-2-4-10-7-11(6-5-9(10)3-1)12-8-13-15-14-12/h1-4,7-8H,5-6H2,(H,13,14,15). The summed E-state index contributed by atoms with van der Waals surface area (Å²) in [6, 6.07) is 8.49. The van der Waals surface area contributed by atoms with Gasteiger partial charge in [0.2, 0.25) is 0 Å². The number of aromatic nitrogens is 3. The number of hydrogen-bond acceptors (Lipinski definition) is 2. The van der Waals surface area contributed by atoms with Crippen LogP contribution in [0, 0.1) is 0 Å². The van der Waals surface area contributed by atoms with E-state index in [0.29, 0.717) is 0 Å². The molecular formula is C12H11N3. The first-order chi connectivity index (χ1) is 7.43. The van der Waals surface area contributed by atoms with E-state index in [0.717, 1.165) is 18.5 Å². The molecule has 0 bridgehead atoms. The average molecular weight is 197 g/mol. The Balaban J connectivity index is 2.06. The fraction of sp³-hybridized carbons (Fsp3) is 0.167. The van der Waals surface area contributed by atoms with Crippen LogP contribution in [0.25, 0.3) is 11.6 Å². The first kappa shape index (κ1) is 8.41. The van der Waals surface area contributed by atoms with Crippen molar-refractivity contribution in [2.75, 3.05) is 0 Å². The summed E-state index contributed by atoms with van der Waals surface area (Å²) in [7, 11) is 0. The number of fused-ring (bicyclic) bond motifs is 1. The van der Waals surface area contributed by atoms with Gasteiger partial charge >= 0.3 is 0 Å². The van der Waals surface area contributed by atoms with E-state index in [1.54, 1.807) is 0 Å². The first-order valence-corrected chi connectivity index (χ1v) is 5.09. The molecule has 0 aliphatic heterocycles. The van der Waals surface area contributed by atoms with E-state index in [4.69, 9.17) is 0 Å². The molecule has 3 heteroatoms. The minimum Gasteiger partial charge on any atom is -0.265 e. The molecule has 3 rings (SSSR count). The lowest BCUT2D eigenvalue weighted by Gasteiger charge is -2.14. The van der Waals surface area contributed by atoms with Crippen molar-refractivity contribution in [3.8, 4) is 0 Å². The predicted octanol–water partition coefficient (Wildman–Crippen LogP) is 2.29. The molecule has 1 heterocycles. The maximum Gasteiger partial charge on any atom is 0.108 e. The van der Waals surface area contributed by atoms with E-state index in [9.17, 15) is 0 Å². The normalized spacial score (nSPS) is 14.5. The molecule has 1 aromatic carbocycles. The zero-order chi connectivity index (χ0) is 10.1. The molecule has 1 aromatic heterocycles. The molecule has 0 amide bonds. The number of rotatable bonds is 1. The Morgan fingerprint density at radius 1 is 1.13 bits per heavy atom. The Morgan fingerprint density at radius 3 is 2.93 bits per heavy atom. The van der Waals surface area contributed by atoms with Gasteiger partial charge in [-0.1, -0.05) is 29.5 Å². The molecule has 0 spiro atoms. The summed E-state index contributed by atoms with van der Waals surface area (Å²) < 4.78 is 0. The summed E-state index contributed by atoms with van der Waals surface area (Å²) >= 11 is 0. The van der Waals surface area contributed by atoms with Gasteiger partial charge in [-0.2, -0.15) is 0 Å². The molecule has 0 saturated heterocycles. The average Bonchev–Trinajstić information content (AvgIpc) is 2.82. The lowest BCUT2D eigenvalue weighted by atomic mass is 9.91. The van der Waals surface area contributed by atoms with Crippen LogP contribution in [-0.4, -0.2) is 15.4 Å². The van der Waals surface area contributed by atoms with E-state index < -0.39 is 0 Å². The van der Waals surface area contributed by atoms with Crippen molar-refractivity contribution < 1.29 is 0 Å². The number of aromatic amines is 1. The number of allylic oxidation sites excluding steroid dienone is 1. The number of nitrogens with one attached hydrogen (secondary N) is 1. The number of benzene rings is 1. The van der Waals surface area contributed by atoms with Crippen molar-refractivity contribution in [2.45, 2.75) is 12.8 Å². The van der Waals surface area contributed by atoms with Gasteiger partial charge in [-0.25, -0.2) is 0 Å². The van der Waals surface area contributed by atoms with E-state index >= 15 is 0 Å². The molecule has 0 unspecified atom stereocenters. The van der Waals surface area contributed by atoms with Gasteiger partial charge in [-0.3, -0.25) is 5.10 Å². The second kappa shape index (κ2) is 3.35. The summed E-state index contributed by atoms with van der Waals surface area (Å²) in [5, 5.41) is 10.5. The highest BCUT2D eigenvalue weighted by Crippen LogP contribution is 2.28. The third-order valence-corrected chi connectivity index (χ3v) is 2.79. The smallest absolute Gasteiger partial charge is 0.108 e. The highest BCUT2D eigenvalue weighted by molar-refractivity contribution is 5.82. The van der Waals surface area contributed by atoms with Crippen LogP contribution in [0.4, 0.5) is 0 Å². The van der Waals surface area contributed by atoms with Crippen molar-refractivity contribution in [3.05, 3.63) is 47.3 Å². The van der Waals surface area contributed by atoms with Crippen molar-refractivity contribution in [3.63, 3.8) is 0 Å². The van der Waals surface area contributed by atoms with Gasteiger partial charge in [-0.15, -0.1) is 5.10 Å². The van der Waals surface area contributed by atoms with Gasteiger partial charge in [0.1, 0.15) is 5.69 Å². The second-order valence-electron chi connectivity index (χ2n) is 3.73. The fourth-order valence-electron chi connectivity index (χ4n) is 1.99. The Hall–Kier alpha value is -1.90. The third-order valence-electron chi connectivity index (χ3n) is 2.79. The summed E-state index contributed by atoms with van der Waals surface area (Å²) in [5.74, 6) is 0. The number of nitrogens with zero attached hydrogens (tertiary/aromatic N) is 2. The summed E-state index contributed by atoms with van der Waals surface area (Å²) in [6.45, 7) is 0. The van der Waals surface area contributed by atoms with Crippen LogP contribution in [0.15, 0.2) is 30.5 Å². The Bertz CT molecular complexity index is 497. The van der Waals surface area contributed by atoms with Crippen LogP contribution >= 0.6 is 0 Å². The second-order valence-corrected chi connectivity index (χ2v) is 3.73. The Kier molecular flexibility index (Phi) is 1.88. The monoisotopic (exact) mass is 197 g/mol. The Morgan fingerprint density at radius 2 is 2.07 bits per heavy atom. The molecule has 15 heavy (non-hydrogen) atoms. The summed E-state index contributed by atoms with van der Waals surface area (Å²) in [4.78, 5) is 0. The lowest BCUT2D eigenvalue weighted by molar-refractivity contribution is 0.927. The zero-order valence-electron chi connectivity index (χ0n) is 8.27. The molecule has 1 aliphatic rings. The zero-order valence-corrected chi connectivity index (χ0v) is 8.27. The lowest BCUT2D eigenvalue weighted by Crippen LogP contribution is -1.98. The fourth-order valence-corrected chi connectivity index (χ4v) is 1.99. The van der Waals surface area contributed by atoms with E-state index in [1.165, 1.54) is 16.7 Å². The van der Waals surface area contributed by atoms with Crippen LogP contribution in [0.3, 0.4) is 0 Å². The highest BCUT2D eigenvalue weighted by atomic mass is 15.3. The molecule has 0 saturated carbocycles. The number of aryl methyl sites for hydroxylation is 1. The van der Waals surface area contributed by atoms with Gasteiger partial charge in [0.25, 0.3) is 0 Å². The topological polar surface area (TPSA) is 41.6 Å². The van der Waals surface area contributed by atoms with E-state index in [1.807, 2.05) is 6.20 Å². The number of H-pyrrole nitrogens is 1. The van der Waals surface area contributed by atoms with Crippen LogP contribution in [0.1, 0.15) is 23.2 Å². The molecule has 0 atom stereocenters. The molecule has 1 N–H and O–H groups in total.